The molecule has 7 heteroatoms. The number of benzene rings is 3. The molecule has 0 saturated carbocycles. The van der Waals surface area contributed by atoms with E-state index in [1.165, 1.54) is 5.56 Å². The molecule has 0 aromatic heterocycles. The zero-order chi connectivity index (χ0) is 23.9. The minimum Gasteiger partial charge on any atom is -0.484 e. The number of hydrogen-bond donors (Lipinski definition) is 1. The first-order valence-electron chi connectivity index (χ1n) is 11.3. The highest BCUT2D eigenvalue weighted by molar-refractivity contribution is 7.80. The summed E-state index contributed by atoms with van der Waals surface area (Å²) >= 11 is 17.7. The van der Waals surface area contributed by atoms with E-state index in [1.807, 2.05) is 24.3 Å². The van der Waals surface area contributed by atoms with Gasteiger partial charge in [-0.15, -0.1) is 0 Å². The molecular weight excluding hydrogens is 487 g/mol. The number of carbonyl (C=O) groups excluding carboxylic acids is 1. The third kappa shape index (κ3) is 6.95. The molecule has 1 heterocycles. The Morgan fingerprint density at radius 1 is 0.971 bits per heavy atom. The van der Waals surface area contributed by atoms with Gasteiger partial charge in [-0.2, -0.15) is 0 Å². The van der Waals surface area contributed by atoms with Crippen molar-refractivity contribution in [2.45, 2.75) is 19.3 Å². The van der Waals surface area contributed by atoms with Crippen LogP contribution in [-0.4, -0.2) is 35.5 Å². The van der Waals surface area contributed by atoms with Gasteiger partial charge in [-0.05, 0) is 73.2 Å². The third-order valence-electron chi connectivity index (χ3n) is 5.89. The number of nitrogens with one attached hydrogen (secondary N) is 1. The topological polar surface area (TPSA) is 41.6 Å². The average molecular weight is 513 g/mol. The van der Waals surface area contributed by atoms with E-state index in [-0.39, 0.29) is 12.5 Å². The maximum atomic E-state index is 12.2. The van der Waals surface area contributed by atoms with E-state index < -0.39 is 0 Å². The molecular formula is C27H26Cl2N2O2S. The normalized spacial score (nSPS) is 14.0. The van der Waals surface area contributed by atoms with Crippen molar-refractivity contribution in [1.29, 1.82) is 0 Å². The molecule has 4 rings (SSSR count). The highest BCUT2D eigenvalue weighted by Gasteiger charge is 2.21. The lowest BCUT2D eigenvalue weighted by molar-refractivity contribution is -0.118. The lowest BCUT2D eigenvalue weighted by atomic mass is 9.90. The highest BCUT2D eigenvalue weighted by atomic mass is 35.5. The van der Waals surface area contributed by atoms with Crippen molar-refractivity contribution in [3.8, 4) is 5.75 Å². The van der Waals surface area contributed by atoms with Crippen LogP contribution in [0.5, 0.6) is 5.75 Å². The molecule has 1 N–H and O–H groups in total. The number of likely N-dealkylation sites (tertiary alicyclic amines) is 1. The monoisotopic (exact) mass is 512 g/mol. The number of ether oxygens (including phenoxy) is 1. The van der Waals surface area contributed by atoms with Gasteiger partial charge in [0.25, 0.3) is 5.91 Å². The van der Waals surface area contributed by atoms with Gasteiger partial charge in [-0.25, -0.2) is 0 Å². The summed E-state index contributed by atoms with van der Waals surface area (Å²) in [7, 11) is 0. The highest BCUT2D eigenvalue weighted by Crippen LogP contribution is 2.24. The summed E-state index contributed by atoms with van der Waals surface area (Å²) in [6.45, 7) is 1.83. The van der Waals surface area contributed by atoms with Crippen LogP contribution in [0.2, 0.25) is 10.0 Å². The predicted octanol–water partition coefficient (Wildman–Crippen LogP) is 6.64. The SMILES string of the molecule is O=C(COc1ccc(C(=S)N2CCC(Cc3ccccc3)CC2)cc1)Nc1cc(Cl)cc(Cl)c1. The van der Waals surface area contributed by atoms with Gasteiger partial charge in [0.15, 0.2) is 6.61 Å². The van der Waals surface area contributed by atoms with Crippen LogP contribution in [-0.2, 0) is 11.2 Å². The molecule has 0 atom stereocenters. The lowest BCUT2D eigenvalue weighted by Gasteiger charge is -2.34. The van der Waals surface area contributed by atoms with Crippen LogP contribution >= 0.6 is 35.4 Å². The zero-order valence-electron chi connectivity index (χ0n) is 18.7. The summed E-state index contributed by atoms with van der Waals surface area (Å²) in [6, 6.07) is 23.1. The standard InChI is InChI=1S/C27H26Cl2N2O2S/c28-22-15-23(29)17-24(16-22)30-26(32)18-33-25-8-6-21(7-9-25)27(34)31-12-10-20(11-13-31)14-19-4-2-1-3-5-19/h1-9,15-17,20H,10-14,18H2,(H,30,32). The second kappa shape index (κ2) is 11.7. The Hall–Kier alpha value is -2.60. The number of piperidine rings is 1. The Morgan fingerprint density at radius 3 is 2.26 bits per heavy atom. The molecule has 0 radical (unpaired) electrons. The van der Waals surface area contributed by atoms with Gasteiger partial charge in [0.05, 0.1) is 0 Å². The number of thiocarbonyl (C=S) groups is 1. The van der Waals surface area contributed by atoms with Gasteiger partial charge in [-0.1, -0.05) is 65.8 Å². The van der Waals surface area contributed by atoms with E-state index in [9.17, 15) is 4.79 Å². The fourth-order valence-corrected chi connectivity index (χ4v) is 4.98. The molecule has 0 spiro atoms. The number of carbonyl (C=O) groups is 1. The van der Waals surface area contributed by atoms with Crippen molar-refractivity contribution >= 4 is 52.0 Å². The third-order valence-corrected chi connectivity index (χ3v) is 6.82. The van der Waals surface area contributed by atoms with E-state index in [2.05, 4.69) is 40.5 Å². The summed E-state index contributed by atoms with van der Waals surface area (Å²) in [4.78, 5) is 15.3. The molecule has 4 nitrogen and oxygen atoms in total. The fourth-order valence-electron chi connectivity index (χ4n) is 4.14. The molecule has 1 amide bonds. The number of nitrogens with zero attached hydrogens (tertiary/aromatic N) is 1. The predicted molar refractivity (Wildman–Crippen MR) is 143 cm³/mol. The van der Waals surface area contributed by atoms with Crippen LogP contribution in [0.15, 0.2) is 72.8 Å². The summed E-state index contributed by atoms with van der Waals surface area (Å²) in [5, 5.41) is 3.63. The first-order valence-corrected chi connectivity index (χ1v) is 12.4. The van der Waals surface area contributed by atoms with Crippen molar-refractivity contribution in [2.24, 2.45) is 5.92 Å². The van der Waals surface area contributed by atoms with Gasteiger partial charge in [0.2, 0.25) is 0 Å². The summed E-state index contributed by atoms with van der Waals surface area (Å²) in [5.41, 5.74) is 2.92. The summed E-state index contributed by atoms with van der Waals surface area (Å²) < 4.78 is 5.62. The van der Waals surface area contributed by atoms with Crippen LogP contribution < -0.4 is 10.1 Å². The molecule has 34 heavy (non-hydrogen) atoms. The van der Waals surface area contributed by atoms with Crippen molar-refractivity contribution in [1.82, 2.24) is 4.90 Å². The number of hydrogen-bond acceptors (Lipinski definition) is 3. The van der Waals surface area contributed by atoms with E-state index >= 15 is 0 Å². The van der Waals surface area contributed by atoms with Crippen LogP contribution in [0.25, 0.3) is 0 Å². The Kier molecular flexibility index (Phi) is 8.44. The molecule has 1 fully saturated rings. The Balaban J connectivity index is 1.24. The van der Waals surface area contributed by atoms with Crippen molar-refractivity contribution < 1.29 is 9.53 Å². The minimum atomic E-state index is -0.295. The summed E-state index contributed by atoms with van der Waals surface area (Å²) in [5.74, 6) is 1.01. The van der Waals surface area contributed by atoms with E-state index in [0.717, 1.165) is 42.9 Å². The molecule has 3 aromatic carbocycles. The van der Waals surface area contributed by atoms with Crippen LogP contribution in [0, 0.1) is 5.92 Å². The maximum Gasteiger partial charge on any atom is 0.262 e. The molecule has 0 aliphatic carbocycles. The van der Waals surface area contributed by atoms with E-state index in [1.54, 1.807) is 18.2 Å². The Labute approximate surface area is 215 Å². The molecule has 3 aromatic rings. The second-order valence-electron chi connectivity index (χ2n) is 8.44. The van der Waals surface area contributed by atoms with Crippen molar-refractivity contribution in [2.75, 3.05) is 25.0 Å². The van der Waals surface area contributed by atoms with Crippen LogP contribution in [0.4, 0.5) is 5.69 Å². The van der Waals surface area contributed by atoms with Crippen LogP contribution in [0.3, 0.4) is 0 Å². The van der Waals surface area contributed by atoms with Crippen molar-refractivity contribution in [3.63, 3.8) is 0 Å². The summed E-state index contributed by atoms with van der Waals surface area (Å²) in [6.07, 6.45) is 3.41. The van der Waals surface area contributed by atoms with Gasteiger partial charge in [-0.3, -0.25) is 4.79 Å². The molecule has 1 aliphatic rings. The fraction of sp³-hybridized carbons (Fsp3) is 0.259. The van der Waals surface area contributed by atoms with E-state index in [4.69, 9.17) is 40.2 Å². The quantitative estimate of drug-likeness (QED) is 0.360. The first-order chi connectivity index (χ1) is 16.5. The van der Waals surface area contributed by atoms with Gasteiger partial charge < -0.3 is 15.0 Å². The van der Waals surface area contributed by atoms with Gasteiger partial charge >= 0.3 is 0 Å². The van der Waals surface area contributed by atoms with Gasteiger partial charge in [0.1, 0.15) is 10.7 Å². The average Bonchev–Trinajstić information content (AvgIpc) is 2.83. The molecule has 0 unspecified atom stereocenters. The number of rotatable bonds is 7. The van der Waals surface area contributed by atoms with Gasteiger partial charge in [0, 0.05) is 34.4 Å². The first kappa shape index (κ1) is 24.5. The number of anilines is 1. The largest absolute Gasteiger partial charge is 0.484 e. The smallest absolute Gasteiger partial charge is 0.262 e. The molecule has 176 valence electrons. The zero-order valence-corrected chi connectivity index (χ0v) is 21.0. The van der Waals surface area contributed by atoms with Crippen molar-refractivity contribution in [3.05, 3.63) is 94.0 Å². The minimum absolute atomic E-state index is 0.122. The number of halogens is 2. The Bertz CT molecular complexity index is 1110. The van der Waals surface area contributed by atoms with E-state index in [0.29, 0.717) is 27.4 Å². The molecule has 1 aliphatic heterocycles. The Morgan fingerprint density at radius 2 is 1.62 bits per heavy atom. The maximum absolute atomic E-state index is 12.2. The number of amides is 1. The molecule has 1 saturated heterocycles. The molecule has 0 bridgehead atoms. The lowest BCUT2D eigenvalue weighted by Crippen LogP contribution is -2.38. The van der Waals surface area contributed by atoms with Crippen LogP contribution in [0.1, 0.15) is 24.0 Å². The second-order valence-corrected chi connectivity index (χ2v) is 9.70.